The molecule has 0 aliphatic rings. The molecular formula is C36H36N2O. The van der Waals surface area contributed by atoms with E-state index in [0.717, 1.165) is 27.8 Å². The van der Waals surface area contributed by atoms with Gasteiger partial charge in [0.2, 0.25) is 0 Å². The average molecular weight is 513 g/mol. The summed E-state index contributed by atoms with van der Waals surface area (Å²) < 4.78 is 0. The van der Waals surface area contributed by atoms with Crippen LogP contribution in [0.4, 0.5) is 11.4 Å². The van der Waals surface area contributed by atoms with E-state index in [4.69, 9.17) is 0 Å². The number of hydrogen-bond acceptors (Lipinski definition) is 3. The Morgan fingerprint density at radius 2 is 0.821 bits per heavy atom. The molecule has 0 aromatic heterocycles. The summed E-state index contributed by atoms with van der Waals surface area (Å²) in [5, 5.41) is 11.8. The predicted molar refractivity (Wildman–Crippen MR) is 166 cm³/mol. The van der Waals surface area contributed by atoms with Gasteiger partial charge in [-0.1, -0.05) is 115 Å². The van der Waals surface area contributed by atoms with Gasteiger partial charge < -0.3 is 14.9 Å². The third-order valence-electron chi connectivity index (χ3n) is 7.39. The van der Waals surface area contributed by atoms with Gasteiger partial charge in [-0.25, -0.2) is 0 Å². The van der Waals surface area contributed by atoms with Crippen molar-refractivity contribution < 1.29 is 5.11 Å². The van der Waals surface area contributed by atoms with Gasteiger partial charge in [-0.2, -0.15) is 0 Å². The maximum Gasteiger partial charge on any atom is 0.0899 e. The standard InChI is InChI=1S/C36H36N2O/c1-37(2)33-16-10-8-14-31(33)26-18-22-29(23-19-26)35(28-12-6-5-7-13-28)36(39)30-24-20-27(21-25-30)32-15-9-11-17-34(32)38(3)4/h5-25,35-36,39H,1-4H3. The lowest BCUT2D eigenvalue weighted by atomic mass is 9.82. The Bertz CT molecular complexity index is 1510. The van der Waals surface area contributed by atoms with Crippen molar-refractivity contribution in [2.75, 3.05) is 38.0 Å². The molecule has 3 nitrogen and oxygen atoms in total. The first-order valence-electron chi connectivity index (χ1n) is 13.4. The molecule has 0 saturated carbocycles. The molecule has 1 N–H and O–H groups in total. The Hall–Kier alpha value is -4.34. The number of aliphatic hydroxyl groups is 1. The molecule has 2 unspecified atom stereocenters. The number of hydrogen-bond donors (Lipinski definition) is 1. The second kappa shape index (κ2) is 11.6. The van der Waals surface area contributed by atoms with E-state index < -0.39 is 6.10 Å². The van der Waals surface area contributed by atoms with E-state index in [1.807, 2.05) is 18.2 Å². The fraction of sp³-hybridized carbons (Fsp3) is 0.167. The molecule has 3 heteroatoms. The van der Waals surface area contributed by atoms with E-state index >= 15 is 0 Å². The van der Waals surface area contributed by atoms with Crippen molar-refractivity contribution in [3.63, 3.8) is 0 Å². The quantitative estimate of drug-likeness (QED) is 0.228. The Kier molecular flexibility index (Phi) is 7.81. The second-order valence-corrected chi connectivity index (χ2v) is 10.4. The van der Waals surface area contributed by atoms with Crippen LogP contribution in [0.25, 0.3) is 22.3 Å². The molecule has 5 aromatic carbocycles. The Balaban J connectivity index is 1.49. The Morgan fingerprint density at radius 1 is 0.436 bits per heavy atom. The zero-order valence-electron chi connectivity index (χ0n) is 23.1. The highest BCUT2D eigenvalue weighted by Gasteiger charge is 2.25. The summed E-state index contributed by atoms with van der Waals surface area (Å²) >= 11 is 0. The third kappa shape index (κ3) is 5.59. The number of anilines is 2. The van der Waals surface area contributed by atoms with Crippen LogP contribution in [-0.4, -0.2) is 33.3 Å². The molecule has 0 fully saturated rings. The predicted octanol–water partition coefficient (Wildman–Crippen LogP) is 8.02. The number of benzene rings is 5. The molecule has 0 aliphatic heterocycles. The van der Waals surface area contributed by atoms with Gasteiger partial charge in [0.25, 0.3) is 0 Å². The normalized spacial score (nSPS) is 12.5. The zero-order chi connectivity index (χ0) is 27.4. The smallest absolute Gasteiger partial charge is 0.0899 e. The van der Waals surface area contributed by atoms with Crippen LogP contribution >= 0.6 is 0 Å². The molecule has 0 spiro atoms. The fourth-order valence-corrected chi connectivity index (χ4v) is 5.36. The highest BCUT2D eigenvalue weighted by molar-refractivity contribution is 5.79. The fourth-order valence-electron chi connectivity index (χ4n) is 5.36. The average Bonchev–Trinajstić information content (AvgIpc) is 2.98. The van der Waals surface area contributed by atoms with Crippen molar-refractivity contribution in [3.8, 4) is 22.3 Å². The summed E-state index contributed by atoms with van der Waals surface area (Å²) in [6.45, 7) is 0. The Morgan fingerprint density at radius 3 is 1.28 bits per heavy atom. The lowest BCUT2D eigenvalue weighted by Gasteiger charge is -2.25. The molecule has 0 bridgehead atoms. The minimum Gasteiger partial charge on any atom is -0.387 e. The van der Waals surface area contributed by atoms with E-state index in [0.29, 0.717) is 0 Å². The molecule has 196 valence electrons. The van der Waals surface area contributed by atoms with Crippen molar-refractivity contribution >= 4 is 11.4 Å². The van der Waals surface area contributed by atoms with Crippen molar-refractivity contribution in [3.05, 3.63) is 144 Å². The van der Waals surface area contributed by atoms with Crippen LogP contribution in [0.1, 0.15) is 28.7 Å². The highest BCUT2D eigenvalue weighted by Crippen LogP contribution is 2.39. The largest absolute Gasteiger partial charge is 0.387 e. The van der Waals surface area contributed by atoms with Gasteiger partial charge in [-0.3, -0.25) is 0 Å². The number of rotatable bonds is 8. The maximum absolute atomic E-state index is 11.8. The first-order valence-corrected chi connectivity index (χ1v) is 13.4. The van der Waals surface area contributed by atoms with Crippen LogP contribution < -0.4 is 9.80 Å². The van der Waals surface area contributed by atoms with Crippen molar-refractivity contribution in [1.82, 2.24) is 0 Å². The summed E-state index contributed by atoms with van der Waals surface area (Å²) in [7, 11) is 8.26. The summed E-state index contributed by atoms with van der Waals surface area (Å²) in [6.07, 6.45) is -0.689. The monoisotopic (exact) mass is 512 g/mol. The van der Waals surface area contributed by atoms with Crippen LogP contribution in [0.2, 0.25) is 0 Å². The maximum atomic E-state index is 11.8. The van der Waals surface area contributed by atoms with E-state index in [1.54, 1.807) is 0 Å². The van der Waals surface area contributed by atoms with Crippen LogP contribution in [0.3, 0.4) is 0 Å². The van der Waals surface area contributed by atoms with Gasteiger partial charge in [0, 0.05) is 56.6 Å². The topological polar surface area (TPSA) is 26.7 Å². The molecule has 0 amide bonds. The lowest BCUT2D eigenvalue weighted by molar-refractivity contribution is 0.159. The minimum absolute atomic E-state index is 0.191. The van der Waals surface area contributed by atoms with E-state index in [1.165, 1.54) is 22.5 Å². The SMILES string of the molecule is CN(C)c1ccccc1-c1ccc(C(O)C(c2ccccc2)c2ccc(-c3ccccc3N(C)C)cc2)cc1. The molecule has 0 radical (unpaired) electrons. The van der Waals surface area contributed by atoms with Crippen LogP contribution in [0, 0.1) is 0 Å². The number of para-hydroxylation sites is 2. The van der Waals surface area contributed by atoms with Crippen molar-refractivity contribution in [2.45, 2.75) is 12.0 Å². The van der Waals surface area contributed by atoms with Crippen molar-refractivity contribution in [1.29, 1.82) is 0 Å². The molecule has 0 heterocycles. The molecule has 5 rings (SSSR count). The van der Waals surface area contributed by atoms with E-state index in [2.05, 4.69) is 147 Å². The Labute approximate surface area is 232 Å². The van der Waals surface area contributed by atoms with Gasteiger partial charge in [0.15, 0.2) is 0 Å². The minimum atomic E-state index is -0.689. The molecule has 2 atom stereocenters. The summed E-state index contributed by atoms with van der Waals surface area (Å²) in [5.41, 5.74) is 10.1. The summed E-state index contributed by atoms with van der Waals surface area (Å²) in [5.74, 6) is -0.191. The van der Waals surface area contributed by atoms with E-state index in [-0.39, 0.29) is 5.92 Å². The van der Waals surface area contributed by atoms with Crippen LogP contribution in [0.15, 0.2) is 127 Å². The number of nitrogens with zero attached hydrogens (tertiary/aromatic N) is 2. The van der Waals surface area contributed by atoms with E-state index in [9.17, 15) is 5.11 Å². The molecular weight excluding hydrogens is 476 g/mol. The summed E-state index contributed by atoms with van der Waals surface area (Å²) in [6, 6.07) is 44.1. The van der Waals surface area contributed by atoms with Gasteiger partial charge in [-0.05, 0) is 39.9 Å². The van der Waals surface area contributed by atoms with Crippen LogP contribution in [0.5, 0.6) is 0 Å². The van der Waals surface area contributed by atoms with Gasteiger partial charge in [-0.15, -0.1) is 0 Å². The summed E-state index contributed by atoms with van der Waals surface area (Å²) in [4.78, 5) is 4.27. The lowest BCUT2D eigenvalue weighted by Crippen LogP contribution is -2.13. The molecule has 5 aromatic rings. The second-order valence-electron chi connectivity index (χ2n) is 10.4. The first-order chi connectivity index (χ1) is 18.9. The third-order valence-corrected chi connectivity index (χ3v) is 7.39. The zero-order valence-corrected chi connectivity index (χ0v) is 23.1. The molecule has 0 saturated heterocycles. The first kappa shape index (κ1) is 26.3. The molecule has 0 aliphatic carbocycles. The van der Waals surface area contributed by atoms with Crippen LogP contribution in [-0.2, 0) is 0 Å². The number of aliphatic hydroxyl groups excluding tert-OH is 1. The van der Waals surface area contributed by atoms with Gasteiger partial charge in [0.05, 0.1) is 6.10 Å². The van der Waals surface area contributed by atoms with Gasteiger partial charge in [0.1, 0.15) is 0 Å². The van der Waals surface area contributed by atoms with Crippen molar-refractivity contribution in [2.24, 2.45) is 0 Å². The van der Waals surface area contributed by atoms with Gasteiger partial charge >= 0.3 is 0 Å². The highest BCUT2D eigenvalue weighted by atomic mass is 16.3. The molecule has 39 heavy (non-hydrogen) atoms.